The lowest BCUT2D eigenvalue weighted by atomic mass is 9.83. The maximum Gasteiger partial charge on any atom is 0.0541 e. The second kappa shape index (κ2) is 17.8. The fourth-order valence-corrected chi connectivity index (χ4v) is 11.7. The van der Waals surface area contributed by atoms with E-state index in [1.165, 1.54) is 115 Å². The summed E-state index contributed by atoms with van der Waals surface area (Å²) in [5, 5.41) is 10.1. The van der Waals surface area contributed by atoms with E-state index in [9.17, 15) is 0 Å². The van der Waals surface area contributed by atoms with Crippen molar-refractivity contribution in [3.05, 3.63) is 229 Å². The number of para-hydroxylation sites is 1. The van der Waals surface area contributed by atoms with Gasteiger partial charge in [0, 0.05) is 32.7 Å². The summed E-state index contributed by atoms with van der Waals surface area (Å²) < 4.78 is 2.54. The van der Waals surface area contributed by atoms with Gasteiger partial charge in [0.15, 0.2) is 0 Å². The molecule has 0 fully saturated rings. The average Bonchev–Trinajstić information content (AvgIpc) is 3.92. The Labute approximate surface area is 450 Å². The van der Waals surface area contributed by atoms with Crippen LogP contribution in [-0.4, -0.2) is 4.57 Å². The van der Waals surface area contributed by atoms with Crippen LogP contribution in [0, 0.1) is 0 Å². The highest BCUT2D eigenvalue weighted by Gasteiger charge is 2.28. The molecule has 0 amide bonds. The normalized spacial score (nSPS) is 12.7. The Kier molecular flexibility index (Phi) is 11.5. The Bertz CT molecular complexity index is 4090. The van der Waals surface area contributed by atoms with Crippen molar-refractivity contribution < 1.29 is 0 Å². The molecular formula is C74H70N2. The van der Waals surface area contributed by atoms with Crippen LogP contribution in [0.2, 0.25) is 0 Å². The van der Waals surface area contributed by atoms with Gasteiger partial charge in [-0.25, -0.2) is 0 Å². The smallest absolute Gasteiger partial charge is 0.0541 e. The molecule has 0 radical (unpaired) electrons. The van der Waals surface area contributed by atoms with Gasteiger partial charge in [0.05, 0.1) is 33.8 Å². The number of fused-ring (bicyclic) bond motifs is 3. The third-order valence-electron chi connectivity index (χ3n) is 16.2. The number of anilines is 3. The highest BCUT2D eigenvalue weighted by molar-refractivity contribution is 6.28. The predicted molar refractivity (Wildman–Crippen MR) is 330 cm³/mol. The molecule has 2 nitrogen and oxygen atoms in total. The highest BCUT2D eigenvalue weighted by atomic mass is 15.1. The molecule has 12 rings (SSSR count). The molecule has 11 aromatic carbocycles. The van der Waals surface area contributed by atoms with Gasteiger partial charge in [0.2, 0.25) is 0 Å². The SMILES string of the molecule is CC(C)(C)c1ccc(-c2cc(C(C)(C)C)ccc2N(c2ccccc2-c2ccc(-c3ccccc3)cc2)c2ccc3ccc4c(-n5c6ccc(C(C)(C)C)cc6c6cc(C(C)(C)C)ccc65)ccc5ccc2c3c54)cc1. The molecule has 0 spiro atoms. The van der Waals surface area contributed by atoms with Gasteiger partial charge in [-0.05, 0) is 142 Å². The molecule has 0 unspecified atom stereocenters. The lowest BCUT2D eigenvalue weighted by molar-refractivity contribution is 0.590. The highest BCUT2D eigenvalue weighted by Crippen LogP contribution is 2.51. The number of aromatic nitrogens is 1. The van der Waals surface area contributed by atoms with Gasteiger partial charge in [-0.1, -0.05) is 235 Å². The van der Waals surface area contributed by atoms with Gasteiger partial charge in [-0.15, -0.1) is 0 Å². The first-order valence-electron chi connectivity index (χ1n) is 27.3. The molecular weight excluding hydrogens is 917 g/mol. The number of hydrogen-bond acceptors (Lipinski definition) is 1. The first kappa shape index (κ1) is 49.0. The van der Waals surface area contributed by atoms with Crippen LogP contribution in [-0.2, 0) is 21.7 Å². The third-order valence-corrected chi connectivity index (χ3v) is 16.2. The lowest BCUT2D eigenvalue weighted by Crippen LogP contribution is -2.16. The zero-order valence-electron chi connectivity index (χ0n) is 46.5. The van der Waals surface area contributed by atoms with Gasteiger partial charge in [0.1, 0.15) is 0 Å². The summed E-state index contributed by atoms with van der Waals surface area (Å²) in [4.78, 5) is 2.57. The van der Waals surface area contributed by atoms with Crippen LogP contribution in [0.25, 0.3) is 93.2 Å². The summed E-state index contributed by atoms with van der Waals surface area (Å²) in [6.07, 6.45) is 0. The maximum atomic E-state index is 2.57. The monoisotopic (exact) mass is 987 g/mol. The molecule has 0 saturated carbocycles. The summed E-state index contributed by atoms with van der Waals surface area (Å²) in [5.74, 6) is 0. The van der Waals surface area contributed by atoms with Crippen LogP contribution >= 0.6 is 0 Å². The van der Waals surface area contributed by atoms with E-state index in [1.807, 2.05) is 0 Å². The van der Waals surface area contributed by atoms with E-state index in [0.717, 1.165) is 17.1 Å². The fraction of sp³-hybridized carbons (Fsp3) is 0.216. The summed E-state index contributed by atoms with van der Waals surface area (Å²) >= 11 is 0. The zero-order valence-corrected chi connectivity index (χ0v) is 46.5. The van der Waals surface area contributed by atoms with Crippen molar-refractivity contribution in [1.29, 1.82) is 0 Å². The maximum absolute atomic E-state index is 2.57. The van der Waals surface area contributed by atoms with Gasteiger partial charge in [0.25, 0.3) is 0 Å². The number of rotatable bonds is 7. The minimum absolute atomic E-state index is 0.0165. The molecule has 1 aromatic heterocycles. The zero-order chi connectivity index (χ0) is 53.1. The molecule has 0 atom stereocenters. The number of benzene rings is 11. The molecule has 376 valence electrons. The van der Waals surface area contributed by atoms with Crippen LogP contribution in [0.1, 0.15) is 105 Å². The Balaban J connectivity index is 1.13. The third kappa shape index (κ3) is 8.44. The second-order valence-electron chi connectivity index (χ2n) is 25.5. The van der Waals surface area contributed by atoms with E-state index in [4.69, 9.17) is 0 Å². The van der Waals surface area contributed by atoms with Crippen LogP contribution < -0.4 is 4.90 Å². The predicted octanol–water partition coefficient (Wildman–Crippen LogP) is 21.3. The van der Waals surface area contributed by atoms with Crippen molar-refractivity contribution in [1.82, 2.24) is 4.57 Å². The van der Waals surface area contributed by atoms with Crippen molar-refractivity contribution in [3.8, 4) is 39.1 Å². The minimum Gasteiger partial charge on any atom is -0.309 e. The first-order valence-corrected chi connectivity index (χ1v) is 27.3. The summed E-state index contributed by atoms with van der Waals surface area (Å²) in [6.45, 7) is 27.8. The van der Waals surface area contributed by atoms with Crippen molar-refractivity contribution >= 4 is 71.2 Å². The van der Waals surface area contributed by atoms with E-state index in [0.29, 0.717) is 0 Å². The molecule has 0 N–H and O–H groups in total. The van der Waals surface area contributed by atoms with E-state index in [2.05, 4.69) is 299 Å². The molecule has 1 heterocycles. The van der Waals surface area contributed by atoms with Crippen LogP contribution in [0.3, 0.4) is 0 Å². The Hall–Kier alpha value is -7.94. The summed E-state index contributed by atoms with van der Waals surface area (Å²) in [6, 6.07) is 78.6. The van der Waals surface area contributed by atoms with Crippen molar-refractivity contribution in [2.45, 2.75) is 105 Å². The molecule has 0 aliphatic carbocycles. The number of nitrogens with zero attached hydrogens (tertiary/aromatic N) is 2. The molecule has 0 aliphatic rings. The topological polar surface area (TPSA) is 8.17 Å². The lowest BCUT2D eigenvalue weighted by Gasteiger charge is -2.32. The van der Waals surface area contributed by atoms with Crippen molar-refractivity contribution in [2.75, 3.05) is 4.90 Å². The van der Waals surface area contributed by atoms with Crippen LogP contribution in [0.5, 0.6) is 0 Å². The molecule has 0 saturated heterocycles. The van der Waals surface area contributed by atoms with E-state index >= 15 is 0 Å². The average molecular weight is 987 g/mol. The van der Waals surface area contributed by atoms with Crippen molar-refractivity contribution in [2.24, 2.45) is 0 Å². The van der Waals surface area contributed by atoms with Gasteiger partial charge in [-0.2, -0.15) is 0 Å². The van der Waals surface area contributed by atoms with E-state index in [-0.39, 0.29) is 21.7 Å². The summed E-state index contributed by atoms with van der Waals surface area (Å²) in [7, 11) is 0. The Morgan fingerprint density at radius 3 is 1.32 bits per heavy atom. The van der Waals surface area contributed by atoms with Gasteiger partial charge < -0.3 is 9.47 Å². The molecule has 12 aromatic rings. The van der Waals surface area contributed by atoms with E-state index < -0.39 is 0 Å². The largest absolute Gasteiger partial charge is 0.309 e. The first-order chi connectivity index (χ1) is 36.2. The summed E-state index contributed by atoms with van der Waals surface area (Å²) in [5.41, 5.74) is 19.5. The van der Waals surface area contributed by atoms with Crippen molar-refractivity contribution in [3.63, 3.8) is 0 Å². The second-order valence-corrected chi connectivity index (χ2v) is 25.5. The molecule has 2 heteroatoms. The molecule has 0 bridgehead atoms. The van der Waals surface area contributed by atoms with Crippen LogP contribution in [0.15, 0.2) is 206 Å². The quantitative estimate of drug-likeness (QED) is 0.145. The van der Waals surface area contributed by atoms with Gasteiger partial charge >= 0.3 is 0 Å². The Morgan fingerprint density at radius 2 is 0.711 bits per heavy atom. The standard InChI is InChI=1S/C74H70N2/c1-71(2,3)53-32-26-50(27-33-53)60-44-54(72(4,5)6)34-41-66(60)75(63-21-17-16-20-57(63)49-24-22-48(23-25-49)47-18-14-13-15-19-47)64-39-30-51-29-38-59-65(40-31-52-28-37-58(64)69(51)70(52)59)76-67-42-35-55(73(7,8)9)45-61(67)62-46-56(74(10,11)12)36-43-68(62)76/h13-46H,1-12H3. The molecule has 76 heavy (non-hydrogen) atoms. The Morgan fingerprint density at radius 1 is 0.289 bits per heavy atom. The number of hydrogen-bond donors (Lipinski definition) is 0. The van der Waals surface area contributed by atoms with E-state index in [1.54, 1.807) is 0 Å². The minimum atomic E-state index is -0.0628. The molecule has 0 aliphatic heterocycles. The fourth-order valence-electron chi connectivity index (χ4n) is 11.7. The van der Waals surface area contributed by atoms with Crippen LogP contribution in [0.4, 0.5) is 17.1 Å². The van der Waals surface area contributed by atoms with Gasteiger partial charge in [-0.3, -0.25) is 0 Å².